The van der Waals surface area contributed by atoms with Crippen LogP contribution in [-0.2, 0) is 19.0 Å². The van der Waals surface area contributed by atoms with Crippen molar-refractivity contribution < 1.29 is 23.8 Å². The molecule has 3 amide bonds. The molecule has 0 radical (unpaired) electrons. The molecule has 4 N–H and O–H groups in total. The van der Waals surface area contributed by atoms with Gasteiger partial charge in [-0.15, -0.1) is 0 Å². The first-order valence-electron chi connectivity index (χ1n) is 11.0. The molecule has 3 unspecified atom stereocenters. The molecular weight excluding hydrogens is 408 g/mol. The van der Waals surface area contributed by atoms with Crippen LogP contribution in [0.15, 0.2) is 0 Å². The molecular formula is C20H38N4O5S. The van der Waals surface area contributed by atoms with Crippen LogP contribution in [0.5, 0.6) is 0 Å². The van der Waals surface area contributed by atoms with Crippen molar-refractivity contribution in [3.05, 3.63) is 0 Å². The number of unbranched alkanes of at least 4 members (excludes halogenated alkanes) is 1. The number of amides is 3. The van der Waals surface area contributed by atoms with Crippen molar-refractivity contribution >= 4 is 23.7 Å². The molecule has 10 heteroatoms. The van der Waals surface area contributed by atoms with Crippen LogP contribution in [-0.4, -0.2) is 94.8 Å². The molecule has 0 saturated carbocycles. The first-order chi connectivity index (χ1) is 14.7. The predicted octanol–water partition coefficient (Wildman–Crippen LogP) is 0.488. The third-order valence-electron chi connectivity index (χ3n) is 5.11. The predicted molar refractivity (Wildman–Crippen MR) is 118 cm³/mol. The standard InChI is InChI=1S/C20H38N4O5S/c1-21-7-4-9-27-11-13-29-14-12-28-10-8-22-18(25)6-3-2-5-17-19-16(15-30-17)23-20(26)24-19/h16-17,19,21H,2-15H2,1H3,(H,22,25)(H2,23,24,26). The highest BCUT2D eigenvalue weighted by molar-refractivity contribution is 8.00. The van der Waals surface area contributed by atoms with Crippen LogP contribution in [0.1, 0.15) is 32.1 Å². The van der Waals surface area contributed by atoms with Gasteiger partial charge in [0, 0.05) is 30.6 Å². The second-order valence-electron chi connectivity index (χ2n) is 7.51. The number of ether oxygens (including phenoxy) is 3. The summed E-state index contributed by atoms with van der Waals surface area (Å²) in [5, 5.41) is 12.4. The van der Waals surface area contributed by atoms with E-state index in [0.717, 1.165) is 44.6 Å². The van der Waals surface area contributed by atoms with Crippen LogP contribution in [0.2, 0.25) is 0 Å². The van der Waals surface area contributed by atoms with Gasteiger partial charge in [0.05, 0.1) is 45.1 Å². The number of hydrogen-bond donors (Lipinski definition) is 4. The third-order valence-corrected chi connectivity index (χ3v) is 6.62. The molecule has 0 aliphatic carbocycles. The van der Waals surface area contributed by atoms with Crippen LogP contribution < -0.4 is 21.3 Å². The molecule has 2 fully saturated rings. The normalized spacial score (nSPS) is 22.6. The summed E-state index contributed by atoms with van der Waals surface area (Å²) in [6.07, 6.45) is 4.44. The maximum absolute atomic E-state index is 11.9. The quantitative estimate of drug-likeness (QED) is 0.179. The largest absolute Gasteiger partial charge is 0.379 e. The Morgan fingerprint density at radius 1 is 1.00 bits per heavy atom. The zero-order valence-corrected chi connectivity index (χ0v) is 18.9. The minimum atomic E-state index is -0.0479. The van der Waals surface area contributed by atoms with E-state index in [-0.39, 0.29) is 24.0 Å². The van der Waals surface area contributed by atoms with Gasteiger partial charge in [-0.2, -0.15) is 11.8 Å². The van der Waals surface area contributed by atoms with Crippen molar-refractivity contribution in [2.75, 3.05) is 65.5 Å². The zero-order chi connectivity index (χ0) is 21.4. The van der Waals surface area contributed by atoms with Gasteiger partial charge in [0.2, 0.25) is 5.91 Å². The first kappa shape index (κ1) is 25.2. The van der Waals surface area contributed by atoms with E-state index in [1.807, 2.05) is 18.8 Å². The van der Waals surface area contributed by atoms with Crippen molar-refractivity contribution in [3.8, 4) is 0 Å². The van der Waals surface area contributed by atoms with Gasteiger partial charge < -0.3 is 35.5 Å². The number of thioether (sulfide) groups is 1. The highest BCUT2D eigenvalue weighted by Crippen LogP contribution is 2.33. The summed E-state index contributed by atoms with van der Waals surface area (Å²) >= 11 is 1.91. The van der Waals surface area contributed by atoms with Gasteiger partial charge in [0.25, 0.3) is 0 Å². The molecule has 174 valence electrons. The number of rotatable bonds is 18. The number of nitrogens with one attached hydrogen (secondary N) is 4. The maximum Gasteiger partial charge on any atom is 0.315 e. The fourth-order valence-electron chi connectivity index (χ4n) is 3.52. The smallest absolute Gasteiger partial charge is 0.315 e. The molecule has 2 heterocycles. The third kappa shape index (κ3) is 10.3. The first-order valence-corrected chi connectivity index (χ1v) is 12.1. The number of fused-ring (bicyclic) bond motifs is 1. The van der Waals surface area contributed by atoms with Gasteiger partial charge in [-0.3, -0.25) is 4.79 Å². The van der Waals surface area contributed by atoms with Crippen molar-refractivity contribution in [2.24, 2.45) is 0 Å². The Balaban J connectivity index is 1.31. The van der Waals surface area contributed by atoms with Crippen LogP contribution >= 0.6 is 11.8 Å². The Morgan fingerprint density at radius 3 is 2.50 bits per heavy atom. The molecule has 3 atom stereocenters. The second-order valence-corrected chi connectivity index (χ2v) is 8.78. The number of carbonyl (C=O) groups excluding carboxylic acids is 2. The lowest BCUT2D eigenvalue weighted by Gasteiger charge is -2.16. The Kier molecular flexibility index (Phi) is 13.2. The molecule has 2 aliphatic rings. The minimum Gasteiger partial charge on any atom is -0.379 e. The van der Waals surface area contributed by atoms with Gasteiger partial charge in [-0.1, -0.05) is 6.42 Å². The fourth-order valence-corrected chi connectivity index (χ4v) is 5.06. The van der Waals surface area contributed by atoms with Crippen molar-refractivity contribution in [3.63, 3.8) is 0 Å². The minimum absolute atomic E-state index is 0.0479. The van der Waals surface area contributed by atoms with Gasteiger partial charge in [0.1, 0.15) is 0 Å². The summed E-state index contributed by atoms with van der Waals surface area (Å²) in [7, 11) is 1.93. The van der Waals surface area contributed by atoms with E-state index in [4.69, 9.17) is 14.2 Å². The summed E-state index contributed by atoms with van der Waals surface area (Å²) < 4.78 is 16.3. The Bertz CT molecular complexity index is 500. The lowest BCUT2D eigenvalue weighted by molar-refractivity contribution is -0.121. The summed E-state index contributed by atoms with van der Waals surface area (Å²) in [4.78, 5) is 23.3. The SMILES string of the molecule is CNCCCOCCOCCOCCNC(=O)CCCCC1SCC2NC(=O)NC21. The summed E-state index contributed by atoms with van der Waals surface area (Å²) in [5.74, 6) is 1.04. The van der Waals surface area contributed by atoms with Crippen LogP contribution in [0, 0.1) is 0 Å². The molecule has 2 saturated heterocycles. The van der Waals surface area contributed by atoms with Crippen LogP contribution in [0.4, 0.5) is 4.79 Å². The van der Waals surface area contributed by atoms with Gasteiger partial charge in [-0.25, -0.2) is 4.79 Å². The zero-order valence-electron chi connectivity index (χ0n) is 18.1. The highest BCUT2D eigenvalue weighted by Gasteiger charge is 2.42. The fraction of sp³-hybridized carbons (Fsp3) is 0.900. The average Bonchev–Trinajstić information content (AvgIpc) is 3.28. The Morgan fingerprint density at radius 2 is 1.73 bits per heavy atom. The molecule has 0 spiro atoms. The Hall–Kier alpha value is -1.07. The van der Waals surface area contributed by atoms with E-state index in [1.54, 1.807) is 0 Å². The lowest BCUT2D eigenvalue weighted by Crippen LogP contribution is -2.36. The molecule has 2 rings (SSSR count). The lowest BCUT2D eigenvalue weighted by atomic mass is 10.0. The topological polar surface area (TPSA) is 110 Å². The monoisotopic (exact) mass is 446 g/mol. The van der Waals surface area contributed by atoms with E-state index in [2.05, 4.69) is 21.3 Å². The van der Waals surface area contributed by atoms with E-state index >= 15 is 0 Å². The average molecular weight is 447 g/mol. The van der Waals surface area contributed by atoms with E-state index in [0.29, 0.717) is 51.2 Å². The van der Waals surface area contributed by atoms with E-state index in [1.165, 1.54) is 0 Å². The molecule has 0 aromatic carbocycles. The molecule has 30 heavy (non-hydrogen) atoms. The summed E-state index contributed by atoms with van der Waals surface area (Å²) in [6, 6.07) is 0.462. The summed E-state index contributed by atoms with van der Waals surface area (Å²) in [5.41, 5.74) is 0. The molecule has 0 aromatic rings. The molecule has 0 aromatic heterocycles. The number of hydrogen-bond acceptors (Lipinski definition) is 7. The molecule has 9 nitrogen and oxygen atoms in total. The van der Waals surface area contributed by atoms with Crippen LogP contribution in [0.25, 0.3) is 0 Å². The number of urea groups is 1. The van der Waals surface area contributed by atoms with Gasteiger partial charge in [0.15, 0.2) is 0 Å². The Labute approximate surface area is 184 Å². The van der Waals surface area contributed by atoms with E-state index in [9.17, 15) is 9.59 Å². The highest BCUT2D eigenvalue weighted by atomic mass is 32.2. The van der Waals surface area contributed by atoms with Crippen molar-refractivity contribution in [1.29, 1.82) is 0 Å². The van der Waals surface area contributed by atoms with Gasteiger partial charge in [-0.05, 0) is 32.9 Å². The van der Waals surface area contributed by atoms with Crippen molar-refractivity contribution in [2.45, 2.75) is 49.4 Å². The second kappa shape index (κ2) is 15.7. The van der Waals surface area contributed by atoms with Crippen LogP contribution in [0.3, 0.4) is 0 Å². The van der Waals surface area contributed by atoms with E-state index < -0.39 is 0 Å². The number of carbonyl (C=O) groups is 2. The molecule has 2 aliphatic heterocycles. The molecule has 0 bridgehead atoms. The van der Waals surface area contributed by atoms with Gasteiger partial charge >= 0.3 is 6.03 Å². The summed E-state index contributed by atoms with van der Waals surface area (Å²) in [6.45, 7) is 4.95. The maximum atomic E-state index is 11.9. The van der Waals surface area contributed by atoms with Crippen molar-refractivity contribution in [1.82, 2.24) is 21.3 Å².